The molecule has 1 aliphatic rings. The lowest BCUT2D eigenvalue weighted by molar-refractivity contribution is -0.117. The third-order valence-corrected chi connectivity index (χ3v) is 4.74. The molecule has 2 heterocycles. The number of benzene rings is 1. The number of guanidine groups is 1. The first-order valence-corrected chi connectivity index (χ1v) is 9.53. The molecule has 3 rings (SSSR count). The standard InChI is InChI=1S/C21H28N6O.HI/c1-22-21(25-15-17-6-4-12-23-20(17)26(2)3)24-14-16-8-10-18(11-9-16)27-13-5-7-19(27)28;/h4,6,8-12H,5,7,13-15H2,1-3H3,(H2,22,24,25);1H. The molecule has 1 aromatic heterocycles. The number of aromatic nitrogens is 1. The van der Waals surface area contributed by atoms with Crippen LogP contribution in [-0.2, 0) is 17.9 Å². The Morgan fingerprint density at radius 2 is 1.90 bits per heavy atom. The molecular formula is C21H29IN6O. The molecule has 7 nitrogen and oxygen atoms in total. The molecule has 0 saturated carbocycles. The number of nitrogens with zero attached hydrogens (tertiary/aromatic N) is 4. The Hall–Kier alpha value is -2.36. The van der Waals surface area contributed by atoms with Crippen LogP contribution < -0.4 is 20.4 Å². The van der Waals surface area contributed by atoms with E-state index in [1.165, 1.54) is 0 Å². The van der Waals surface area contributed by atoms with Crippen molar-refractivity contribution in [3.05, 3.63) is 53.7 Å². The van der Waals surface area contributed by atoms with Gasteiger partial charge in [0.25, 0.3) is 0 Å². The normalized spacial score (nSPS) is 13.8. The number of carbonyl (C=O) groups is 1. The van der Waals surface area contributed by atoms with E-state index in [0.717, 1.165) is 41.6 Å². The van der Waals surface area contributed by atoms with Gasteiger partial charge in [-0.05, 0) is 30.2 Å². The molecule has 0 spiro atoms. The van der Waals surface area contributed by atoms with Gasteiger partial charge >= 0.3 is 0 Å². The van der Waals surface area contributed by atoms with Gasteiger partial charge in [-0.1, -0.05) is 18.2 Å². The average molecular weight is 508 g/mol. The third-order valence-electron chi connectivity index (χ3n) is 4.74. The maximum Gasteiger partial charge on any atom is 0.227 e. The predicted molar refractivity (Wildman–Crippen MR) is 129 cm³/mol. The second-order valence-corrected chi connectivity index (χ2v) is 6.98. The molecule has 29 heavy (non-hydrogen) atoms. The highest BCUT2D eigenvalue weighted by Gasteiger charge is 2.21. The Morgan fingerprint density at radius 1 is 1.17 bits per heavy atom. The summed E-state index contributed by atoms with van der Waals surface area (Å²) in [6, 6.07) is 12.1. The third kappa shape index (κ3) is 6.06. The predicted octanol–water partition coefficient (Wildman–Crippen LogP) is 2.76. The Bertz CT molecular complexity index is 837. The minimum absolute atomic E-state index is 0. The van der Waals surface area contributed by atoms with Gasteiger partial charge in [0.05, 0.1) is 0 Å². The van der Waals surface area contributed by atoms with Crippen LogP contribution in [0, 0.1) is 0 Å². The lowest BCUT2D eigenvalue weighted by Gasteiger charge is -2.18. The summed E-state index contributed by atoms with van der Waals surface area (Å²) in [4.78, 5) is 24.4. The van der Waals surface area contributed by atoms with Gasteiger partial charge in [0.2, 0.25) is 5.91 Å². The number of halogens is 1. The van der Waals surface area contributed by atoms with Crippen molar-refractivity contribution >= 4 is 47.3 Å². The Kier molecular flexibility index (Phi) is 8.69. The summed E-state index contributed by atoms with van der Waals surface area (Å²) in [7, 11) is 5.73. The van der Waals surface area contributed by atoms with Crippen molar-refractivity contribution in [3.8, 4) is 0 Å². The van der Waals surface area contributed by atoms with Gasteiger partial charge in [-0.3, -0.25) is 9.79 Å². The minimum atomic E-state index is 0. The molecule has 2 aromatic rings. The maximum absolute atomic E-state index is 11.9. The first-order chi connectivity index (χ1) is 13.6. The first-order valence-electron chi connectivity index (χ1n) is 9.53. The van der Waals surface area contributed by atoms with E-state index in [-0.39, 0.29) is 29.9 Å². The van der Waals surface area contributed by atoms with Gasteiger partial charge in [0.15, 0.2) is 5.96 Å². The highest BCUT2D eigenvalue weighted by atomic mass is 127. The zero-order chi connectivity index (χ0) is 19.9. The van der Waals surface area contributed by atoms with E-state index in [1.807, 2.05) is 54.2 Å². The number of aliphatic imine (C=N–C) groups is 1. The second-order valence-electron chi connectivity index (χ2n) is 6.98. The number of anilines is 2. The molecule has 0 unspecified atom stereocenters. The van der Waals surface area contributed by atoms with E-state index in [2.05, 4.69) is 26.7 Å². The number of carbonyl (C=O) groups excluding carboxylic acids is 1. The molecule has 8 heteroatoms. The van der Waals surface area contributed by atoms with Crippen LogP contribution in [0.3, 0.4) is 0 Å². The van der Waals surface area contributed by atoms with Crippen molar-refractivity contribution < 1.29 is 4.79 Å². The average Bonchev–Trinajstić information content (AvgIpc) is 3.14. The van der Waals surface area contributed by atoms with Crippen LogP contribution in [-0.4, -0.2) is 44.5 Å². The van der Waals surface area contributed by atoms with Gasteiger partial charge < -0.3 is 20.4 Å². The van der Waals surface area contributed by atoms with Crippen molar-refractivity contribution in [3.63, 3.8) is 0 Å². The van der Waals surface area contributed by atoms with E-state index >= 15 is 0 Å². The monoisotopic (exact) mass is 508 g/mol. The van der Waals surface area contributed by atoms with Crippen molar-refractivity contribution in [2.24, 2.45) is 4.99 Å². The highest BCUT2D eigenvalue weighted by Crippen LogP contribution is 2.21. The van der Waals surface area contributed by atoms with Crippen LogP contribution in [0.4, 0.5) is 11.5 Å². The second kappa shape index (κ2) is 11.0. The van der Waals surface area contributed by atoms with E-state index in [4.69, 9.17) is 0 Å². The summed E-state index contributed by atoms with van der Waals surface area (Å²) in [5, 5.41) is 6.66. The number of rotatable bonds is 6. The van der Waals surface area contributed by atoms with Gasteiger partial charge in [-0.15, -0.1) is 24.0 Å². The molecule has 1 amide bonds. The van der Waals surface area contributed by atoms with Crippen LogP contribution >= 0.6 is 24.0 Å². The number of hydrogen-bond acceptors (Lipinski definition) is 4. The molecule has 1 aromatic carbocycles. The lowest BCUT2D eigenvalue weighted by Crippen LogP contribution is -2.36. The number of pyridine rings is 1. The van der Waals surface area contributed by atoms with Crippen LogP contribution in [0.25, 0.3) is 0 Å². The Labute approximate surface area is 189 Å². The Morgan fingerprint density at radius 3 is 2.52 bits per heavy atom. The summed E-state index contributed by atoms with van der Waals surface area (Å²) >= 11 is 0. The minimum Gasteiger partial charge on any atom is -0.362 e. The topological polar surface area (TPSA) is 72.9 Å². The molecule has 1 aliphatic heterocycles. The smallest absolute Gasteiger partial charge is 0.227 e. The first kappa shape index (κ1) is 22.9. The van der Waals surface area contributed by atoms with Crippen LogP contribution in [0.1, 0.15) is 24.0 Å². The van der Waals surface area contributed by atoms with Gasteiger partial charge in [-0.2, -0.15) is 0 Å². The van der Waals surface area contributed by atoms with Crippen LogP contribution in [0.15, 0.2) is 47.6 Å². The zero-order valence-corrected chi connectivity index (χ0v) is 19.5. The van der Waals surface area contributed by atoms with Crippen molar-refractivity contribution in [1.29, 1.82) is 0 Å². The van der Waals surface area contributed by atoms with Gasteiger partial charge in [-0.25, -0.2) is 4.98 Å². The SMILES string of the molecule is CN=C(NCc1ccc(N2CCCC2=O)cc1)NCc1cccnc1N(C)C.I. The summed E-state index contributed by atoms with van der Waals surface area (Å²) in [5.41, 5.74) is 3.21. The molecule has 1 fully saturated rings. The molecule has 0 aliphatic carbocycles. The fourth-order valence-electron chi connectivity index (χ4n) is 3.27. The molecule has 156 valence electrons. The molecule has 0 atom stereocenters. The highest BCUT2D eigenvalue weighted by molar-refractivity contribution is 14.0. The van der Waals surface area contributed by atoms with E-state index < -0.39 is 0 Å². The maximum atomic E-state index is 11.9. The quantitative estimate of drug-likeness (QED) is 0.357. The molecule has 2 N–H and O–H groups in total. The molecular weight excluding hydrogens is 479 g/mol. The summed E-state index contributed by atoms with van der Waals surface area (Å²) in [5.74, 6) is 1.88. The van der Waals surface area contributed by atoms with Crippen molar-refractivity contribution in [2.75, 3.05) is 37.5 Å². The van der Waals surface area contributed by atoms with E-state index in [1.54, 1.807) is 13.2 Å². The zero-order valence-electron chi connectivity index (χ0n) is 17.2. The molecule has 0 bridgehead atoms. The largest absolute Gasteiger partial charge is 0.362 e. The molecule has 1 saturated heterocycles. The summed E-state index contributed by atoms with van der Waals surface area (Å²) in [6.07, 6.45) is 3.39. The number of nitrogens with one attached hydrogen (secondary N) is 2. The van der Waals surface area contributed by atoms with Gasteiger partial charge in [0.1, 0.15) is 5.82 Å². The summed E-state index contributed by atoms with van der Waals surface area (Å²) < 4.78 is 0. The lowest BCUT2D eigenvalue weighted by atomic mass is 10.2. The van der Waals surface area contributed by atoms with Crippen molar-refractivity contribution in [2.45, 2.75) is 25.9 Å². The van der Waals surface area contributed by atoms with E-state index in [0.29, 0.717) is 19.5 Å². The fourth-order valence-corrected chi connectivity index (χ4v) is 3.27. The van der Waals surface area contributed by atoms with E-state index in [9.17, 15) is 4.79 Å². The summed E-state index contributed by atoms with van der Waals surface area (Å²) in [6.45, 7) is 2.11. The Balaban J connectivity index is 0.00000300. The van der Waals surface area contributed by atoms with Crippen molar-refractivity contribution in [1.82, 2.24) is 15.6 Å². The number of amides is 1. The molecule has 0 radical (unpaired) electrons. The van der Waals surface area contributed by atoms with Crippen LogP contribution in [0.5, 0.6) is 0 Å². The van der Waals surface area contributed by atoms with Crippen LogP contribution in [0.2, 0.25) is 0 Å². The number of hydrogen-bond donors (Lipinski definition) is 2. The fraction of sp³-hybridized carbons (Fsp3) is 0.381. The van der Waals surface area contributed by atoms with Gasteiger partial charge in [0, 0.05) is 64.6 Å².